The summed E-state index contributed by atoms with van der Waals surface area (Å²) in [6.07, 6.45) is 23.4. The van der Waals surface area contributed by atoms with Crippen LogP contribution in [0.5, 0.6) is 0 Å². The molecular formula is C92H152N10O20P2S8. The fourth-order valence-corrected chi connectivity index (χ4v) is 26.4. The molecule has 0 aromatic heterocycles. The molecule has 40 heteroatoms. The minimum atomic E-state index is -4.08. The number of thioether (sulfide) groups is 4. The number of nitriles is 1. The lowest BCUT2D eigenvalue weighted by Gasteiger charge is -2.44. The highest BCUT2D eigenvalue weighted by Gasteiger charge is 2.49. The highest BCUT2D eigenvalue weighted by molar-refractivity contribution is 8.04. The average molecular weight is 2040 g/mol. The normalized spacial score (nSPS) is 22.0. The Morgan fingerprint density at radius 3 is 0.939 bits per heavy atom. The van der Waals surface area contributed by atoms with Gasteiger partial charge in [0.25, 0.3) is 17.7 Å². The van der Waals surface area contributed by atoms with Crippen LogP contribution in [0.2, 0.25) is 0 Å². The van der Waals surface area contributed by atoms with E-state index >= 15 is 0 Å². The van der Waals surface area contributed by atoms with E-state index in [2.05, 4.69) is 65.3 Å². The van der Waals surface area contributed by atoms with Gasteiger partial charge in [0.15, 0.2) is 6.19 Å². The number of nitrogens with zero attached hydrogens (tertiary/aromatic N) is 6. The Morgan fingerprint density at radius 2 is 0.674 bits per heavy atom. The second kappa shape index (κ2) is 52.8. The van der Waals surface area contributed by atoms with Crippen molar-refractivity contribution in [3.63, 3.8) is 0 Å². The highest BCUT2D eigenvalue weighted by Crippen LogP contribution is 2.49. The molecule has 8 aliphatic heterocycles. The van der Waals surface area contributed by atoms with Crippen molar-refractivity contribution in [2.45, 2.75) is 398 Å². The van der Waals surface area contributed by atoms with Gasteiger partial charge in [0.1, 0.15) is 9.98 Å². The van der Waals surface area contributed by atoms with Crippen molar-refractivity contribution < 1.29 is 97.6 Å². The SMILES string of the molecule is CC(C)(CCC(O)CCCC(O)CCC(C)(C)N1C(=O)C=C2SCCC2C1=O)N1C(=O)C=C2SCCC2C1=O.CC(C)(CCC(O)CCCC(O)CCC(C)(C)N1C(=S)C=C2SCCC2C1=S)N1C(=S)C=C2SCCC2C1=S.CC(C)(CCC(O)CCCC(O)CCC(C)(C)OP(N)(=O)O)OP(N)(=O)O.[C-]#[N+]NC(=O)C(C)(C)CCC(O)CCCC(O)CCC(C)(C)C(=O)NC#N. The predicted octanol–water partition coefficient (Wildman–Crippen LogP) is 15.4. The lowest BCUT2D eigenvalue weighted by atomic mass is 9.84. The average Bonchev–Trinajstić information content (AvgIpc) is 1.39. The zero-order chi connectivity index (χ0) is 99.7. The Morgan fingerprint density at radius 1 is 0.432 bits per heavy atom. The number of fused-ring (bicyclic) bond motifs is 4. The number of hydrogen-bond donors (Lipinski definition) is 14. The molecule has 14 unspecified atom stereocenters. The van der Waals surface area contributed by atoms with Crippen molar-refractivity contribution >= 4 is 167 Å². The van der Waals surface area contributed by atoms with Gasteiger partial charge in [-0.3, -0.25) is 52.9 Å². The zero-order valence-electron chi connectivity index (χ0n) is 80.2. The van der Waals surface area contributed by atoms with Crippen LogP contribution >= 0.6 is 111 Å². The van der Waals surface area contributed by atoms with Crippen LogP contribution in [0.3, 0.4) is 0 Å². The number of amides is 6. The summed E-state index contributed by atoms with van der Waals surface area (Å²) in [5, 5.41) is 93.5. The molecule has 0 aromatic carbocycles. The highest BCUT2D eigenvalue weighted by atomic mass is 32.2. The van der Waals surface area contributed by atoms with Crippen LogP contribution < -0.4 is 21.8 Å². The lowest BCUT2D eigenvalue weighted by Crippen LogP contribution is -2.54. The molecule has 132 heavy (non-hydrogen) atoms. The van der Waals surface area contributed by atoms with E-state index in [4.69, 9.17) is 90.5 Å². The number of aliphatic hydroxyl groups excluding tert-OH is 8. The van der Waals surface area contributed by atoms with Crippen LogP contribution in [-0.4, -0.2) is 231 Å². The first kappa shape index (κ1) is 119. The van der Waals surface area contributed by atoms with Gasteiger partial charge >= 0.3 is 15.5 Å². The molecule has 0 saturated carbocycles. The molecule has 0 aromatic rings. The Hall–Kier alpha value is -3.58. The van der Waals surface area contributed by atoms with E-state index in [1.54, 1.807) is 97.3 Å². The van der Waals surface area contributed by atoms with Crippen molar-refractivity contribution in [3.8, 4) is 6.19 Å². The molecule has 0 bridgehead atoms. The van der Waals surface area contributed by atoms with Crippen LogP contribution in [0.15, 0.2) is 43.9 Å². The van der Waals surface area contributed by atoms with Crippen molar-refractivity contribution in [2.24, 2.45) is 45.5 Å². The van der Waals surface area contributed by atoms with Gasteiger partial charge in [0, 0.05) is 61.4 Å². The predicted molar refractivity (Wildman–Crippen MR) is 540 cm³/mol. The first-order valence-electron chi connectivity index (χ1n) is 46.3. The number of nitrogens with one attached hydrogen (secondary N) is 2. The van der Waals surface area contributed by atoms with Gasteiger partial charge in [-0.05, 0) is 334 Å². The quantitative estimate of drug-likeness (QED) is 0.00511. The molecule has 4 fully saturated rings. The Labute approximate surface area is 822 Å². The van der Waals surface area contributed by atoms with Gasteiger partial charge in [0.05, 0.1) is 87.3 Å². The number of aliphatic hydroxyl groups is 8. The fourth-order valence-electron chi connectivity index (χ4n) is 17.5. The Kier molecular flexibility index (Phi) is 47.5. The van der Waals surface area contributed by atoms with Crippen molar-refractivity contribution in [3.05, 3.63) is 55.5 Å². The van der Waals surface area contributed by atoms with Crippen LogP contribution in [-0.2, 0) is 46.9 Å². The summed E-state index contributed by atoms with van der Waals surface area (Å²) in [5.74, 6) is 2.66. The second-order valence-electron chi connectivity index (χ2n) is 41.2. The molecule has 4 saturated heterocycles. The number of rotatable bonds is 50. The summed E-state index contributed by atoms with van der Waals surface area (Å²) in [5.41, 5.74) is 6.91. The van der Waals surface area contributed by atoms with Crippen molar-refractivity contribution in [1.82, 2.24) is 30.3 Å². The Balaban J connectivity index is 0.000000317. The topological polar surface area (TPSA) is 475 Å². The van der Waals surface area contributed by atoms with E-state index in [9.17, 15) is 78.7 Å². The zero-order valence-corrected chi connectivity index (χ0v) is 88.6. The molecule has 0 aliphatic carbocycles. The third-order valence-electron chi connectivity index (χ3n) is 25.8. The van der Waals surface area contributed by atoms with Crippen molar-refractivity contribution in [2.75, 3.05) is 23.0 Å². The third-order valence-corrected chi connectivity index (χ3v) is 33.6. The fraction of sp³-hybridized carbons (Fsp3) is 0.783. The van der Waals surface area contributed by atoms with E-state index in [-0.39, 0.29) is 58.4 Å². The van der Waals surface area contributed by atoms with E-state index in [1.807, 2.05) is 51.2 Å². The maximum absolute atomic E-state index is 13.0. The van der Waals surface area contributed by atoms with E-state index in [1.165, 1.54) is 19.6 Å². The minimum absolute atomic E-state index is 0.125. The van der Waals surface area contributed by atoms with Gasteiger partial charge < -0.3 is 60.4 Å². The molecule has 30 nitrogen and oxygen atoms in total. The molecular weight excluding hydrogens is 1880 g/mol. The van der Waals surface area contributed by atoms with E-state index in [0.717, 1.165) is 97.7 Å². The maximum Gasteiger partial charge on any atom is 0.400 e. The summed E-state index contributed by atoms with van der Waals surface area (Å²) in [4.78, 5) is 111. The van der Waals surface area contributed by atoms with Gasteiger partial charge in [-0.25, -0.2) is 20.1 Å². The standard InChI is InChI=1S/C29H42N2O6S2.C29H42N2O2S6.C19H32N4O4.C15H36N2O8P2/c2*1-28(2,30-24(34)16-22-20(26(30)36)10-14-38-22)12-8-18(32)6-5-7-19(33)9-13-29(3,4)31-25(35)17-23-21(27(31)37)11-15-39-23;1-18(2,16(26)22-13-20)11-9-14(24)7-6-8-15(25)10-12-19(3,4)17(27)23-21-5;1-14(2,24-26(16,20)21)10-8-12(18)6-5-7-13(19)9-11-15(3,4)25-27(17,22)23/h2*16-21,32-33H,5-15H2,1-4H3;14-15,24-25H,6-12H2,1-4H3,(H,22,26)(H,23,27);12-13,18-19H,5-11H2,1-4H3,(H3,16,20,21)(H3,17,22,23). The number of carbonyl (C=O) groups is 6. The monoisotopic (exact) mass is 2030 g/mol. The summed E-state index contributed by atoms with van der Waals surface area (Å²) in [7, 11) is -8.16. The van der Waals surface area contributed by atoms with Gasteiger partial charge in [-0.15, -0.1) is 47.0 Å². The van der Waals surface area contributed by atoms with Crippen LogP contribution in [0.4, 0.5) is 0 Å². The molecule has 6 amide bonds. The van der Waals surface area contributed by atoms with Gasteiger partial charge in [-0.2, -0.15) is 16.8 Å². The first-order valence-corrected chi connectivity index (χ1v) is 55.2. The van der Waals surface area contributed by atoms with Crippen LogP contribution in [0.1, 0.15) is 316 Å². The number of imide groups is 2. The smallest absolute Gasteiger partial charge is 0.393 e. The minimum Gasteiger partial charge on any atom is -0.393 e. The summed E-state index contributed by atoms with van der Waals surface area (Å²) in [6, 6.07) is 0. The molecule has 748 valence electrons. The first-order chi connectivity index (χ1) is 61.0. The van der Waals surface area contributed by atoms with Crippen molar-refractivity contribution in [1.29, 1.82) is 5.26 Å². The molecule has 16 N–H and O–H groups in total. The van der Waals surface area contributed by atoms with Gasteiger partial charge in [0.2, 0.25) is 17.7 Å². The van der Waals surface area contributed by atoms with E-state index in [0.29, 0.717) is 172 Å². The summed E-state index contributed by atoms with van der Waals surface area (Å²) < 4.78 is 32.0. The number of carbonyl (C=O) groups excluding carboxylic acids is 6. The van der Waals surface area contributed by atoms with Crippen LogP contribution in [0, 0.1) is 52.5 Å². The molecule has 8 rings (SSSR count). The summed E-state index contributed by atoms with van der Waals surface area (Å²) >= 11 is 30.1. The molecule has 8 heterocycles. The Bertz CT molecular complexity index is 3870. The van der Waals surface area contributed by atoms with Crippen LogP contribution in [0.25, 0.3) is 4.95 Å². The third kappa shape index (κ3) is 38.8. The number of thiocarbonyl (C=S) groups is 4. The summed E-state index contributed by atoms with van der Waals surface area (Å²) in [6.45, 7) is 36.3. The second-order valence-corrected chi connectivity index (χ2v) is 50.2. The molecule has 0 radical (unpaired) electrons. The lowest BCUT2D eigenvalue weighted by molar-refractivity contribution is -0.153. The number of nitrogens with two attached hydrogens (primary N) is 2. The van der Waals surface area contributed by atoms with E-state index < -0.39 is 97.4 Å². The largest absolute Gasteiger partial charge is 0.400 e. The van der Waals surface area contributed by atoms with Gasteiger partial charge in [-0.1, -0.05) is 82.0 Å². The molecule has 0 spiro atoms. The maximum atomic E-state index is 13.0. The molecule has 14 atom stereocenters. The molecule has 8 aliphatic rings. The number of hydrogen-bond acceptors (Lipinski definition) is 27.